The van der Waals surface area contributed by atoms with Gasteiger partial charge in [0, 0.05) is 13.5 Å². The van der Waals surface area contributed by atoms with E-state index in [4.69, 9.17) is 4.84 Å². The van der Waals surface area contributed by atoms with Crippen LogP contribution in [0.2, 0.25) is 0 Å². The van der Waals surface area contributed by atoms with E-state index in [0.29, 0.717) is 18.9 Å². The fraction of sp³-hybridized carbons (Fsp3) is 0.471. The molecule has 0 bridgehead atoms. The average Bonchev–Trinajstić information content (AvgIpc) is 3.12. The van der Waals surface area contributed by atoms with Gasteiger partial charge in [-0.05, 0) is 30.5 Å². The van der Waals surface area contributed by atoms with Gasteiger partial charge in [0.25, 0.3) is 5.91 Å². The van der Waals surface area contributed by atoms with Crippen molar-refractivity contribution in [3.8, 4) is 0 Å². The molecule has 23 heavy (non-hydrogen) atoms. The Morgan fingerprint density at radius 2 is 2.26 bits per heavy atom. The van der Waals surface area contributed by atoms with Crippen LogP contribution in [0.4, 0.5) is 0 Å². The van der Waals surface area contributed by atoms with Crippen LogP contribution in [0.1, 0.15) is 31.7 Å². The summed E-state index contributed by atoms with van der Waals surface area (Å²) in [6.07, 6.45) is 0.0594. The summed E-state index contributed by atoms with van der Waals surface area (Å²) < 4.78 is 0. The van der Waals surface area contributed by atoms with E-state index < -0.39 is 6.10 Å². The van der Waals surface area contributed by atoms with Crippen LogP contribution in [0.3, 0.4) is 0 Å². The number of rotatable bonds is 4. The van der Waals surface area contributed by atoms with E-state index in [1.165, 1.54) is 5.56 Å². The number of oxime groups is 1. The van der Waals surface area contributed by atoms with Gasteiger partial charge in [-0.3, -0.25) is 4.79 Å². The summed E-state index contributed by atoms with van der Waals surface area (Å²) in [6, 6.07) is 6.06. The van der Waals surface area contributed by atoms with Gasteiger partial charge in [-0.1, -0.05) is 25.1 Å². The molecule has 3 rings (SSSR count). The molecular formula is C17H22N4O2. The summed E-state index contributed by atoms with van der Waals surface area (Å²) in [5.74, 6) is 1.00. The Kier molecular flexibility index (Phi) is 4.07. The third-order valence-corrected chi connectivity index (χ3v) is 4.08. The summed E-state index contributed by atoms with van der Waals surface area (Å²) in [5.41, 5.74) is 4.02. The molecule has 6 heteroatoms. The molecule has 0 fully saturated rings. The molecule has 1 aliphatic rings. The number of aromatic amines is 1. The second-order valence-electron chi connectivity index (χ2n) is 6.43. The Labute approximate surface area is 135 Å². The molecular weight excluding hydrogens is 292 g/mol. The Morgan fingerprint density at radius 3 is 2.96 bits per heavy atom. The number of aromatic nitrogens is 2. The lowest BCUT2D eigenvalue weighted by molar-refractivity contribution is -0.141. The van der Waals surface area contributed by atoms with Crippen LogP contribution in [-0.2, 0) is 16.2 Å². The number of imidazole rings is 1. The van der Waals surface area contributed by atoms with Crippen molar-refractivity contribution in [3.63, 3.8) is 0 Å². The quantitative estimate of drug-likeness (QED) is 0.943. The third kappa shape index (κ3) is 3.21. The predicted octanol–water partition coefficient (Wildman–Crippen LogP) is 2.63. The fourth-order valence-corrected chi connectivity index (χ4v) is 2.67. The van der Waals surface area contributed by atoms with Crippen LogP contribution in [0.25, 0.3) is 11.0 Å². The van der Waals surface area contributed by atoms with E-state index in [2.05, 4.69) is 35.0 Å². The Balaban J connectivity index is 1.66. The number of H-pyrrole nitrogens is 1. The molecule has 1 atom stereocenters. The zero-order chi connectivity index (χ0) is 16.6. The van der Waals surface area contributed by atoms with Crippen molar-refractivity contribution in [2.75, 3.05) is 7.05 Å². The number of nitrogens with zero attached hydrogens (tertiary/aromatic N) is 3. The average molecular weight is 314 g/mol. The number of benzene rings is 1. The smallest absolute Gasteiger partial charge is 0.267 e. The molecule has 0 radical (unpaired) electrons. The first-order valence-corrected chi connectivity index (χ1v) is 7.87. The largest absolute Gasteiger partial charge is 0.382 e. The molecule has 0 aliphatic carbocycles. The van der Waals surface area contributed by atoms with E-state index in [9.17, 15) is 4.79 Å². The van der Waals surface area contributed by atoms with Gasteiger partial charge in [0.2, 0.25) is 6.10 Å². The van der Waals surface area contributed by atoms with E-state index in [1.54, 1.807) is 11.9 Å². The zero-order valence-corrected chi connectivity index (χ0v) is 14.0. The highest BCUT2D eigenvalue weighted by atomic mass is 16.6. The minimum absolute atomic E-state index is 0.0685. The van der Waals surface area contributed by atoms with Gasteiger partial charge >= 0.3 is 0 Å². The second-order valence-corrected chi connectivity index (χ2v) is 6.43. The molecule has 1 N–H and O–H groups in total. The molecule has 1 aliphatic heterocycles. The van der Waals surface area contributed by atoms with E-state index >= 15 is 0 Å². The number of hydrogen-bond donors (Lipinski definition) is 1. The topological polar surface area (TPSA) is 70.6 Å². The standard InChI is InChI=1S/C17H22N4O2/c1-10(2)13-8-15(23-20-13)17(22)21(4)9-16-18-12-6-5-11(3)7-14(12)19-16/h5-7,10,15H,8-9H2,1-4H3,(H,18,19)/t15-/m1/s1. The molecule has 1 aromatic heterocycles. The lowest BCUT2D eigenvalue weighted by atomic mass is 10.0. The van der Waals surface area contributed by atoms with Crippen LogP contribution in [0.5, 0.6) is 0 Å². The van der Waals surface area contributed by atoms with Gasteiger partial charge in [-0.15, -0.1) is 0 Å². The van der Waals surface area contributed by atoms with Crippen LogP contribution in [0, 0.1) is 12.8 Å². The first-order valence-electron chi connectivity index (χ1n) is 7.87. The zero-order valence-electron chi connectivity index (χ0n) is 14.0. The maximum absolute atomic E-state index is 12.5. The molecule has 0 saturated carbocycles. The number of likely N-dealkylation sites (N-methyl/N-ethyl adjacent to an activating group) is 1. The molecule has 2 heterocycles. The van der Waals surface area contributed by atoms with Crippen molar-refractivity contribution >= 4 is 22.7 Å². The fourth-order valence-electron chi connectivity index (χ4n) is 2.67. The number of amides is 1. The van der Waals surface area contributed by atoms with Gasteiger partial charge in [-0.25, -0.2) is 4.98 Å². The van der Waals surface area contributed by atoms with E-state index in [0.717, 1.165) is 22.6 Å². The lowest BCUT2D eigenvalue weighted by Gasteiger charge is -2.18. The normalized spacial score (nSPS) is 17.4. The lowest BCUT2D eigenvalue weighted by Crippen LogP contribution is -2.36. The highest BCUT2D eigenvalue weighted by molar-refractivity contribution is 5.93. The third-order valence-electron chi connectivity index (χ3n) is 4.08. The van der Waals surface area contributed by atoms with Gasteiger partial charge in [0.05, 0.1) is 23.3 Å². The molecule has 1 amide bonds. The highest BCUT2D eigenvalue weighted by Gasteiger charge is 2.31. The minimum Gasteiger partial charge on any atom is -0.382 e. The molecule has 0 spiro atoms. The van der Waals surface area contributed by atoms with Crippen molar-refractivity contribution in [2.45, 2.75) is 39.8 Å². The second kappa shape index (κ2) is 6.02. The summed E-state index contributed by atoms with van der Waals surface area (Å²) in [4.78, 5) is 27.2. The van der Waals surface area contributed by atoms with Gasteiger partial charge < -0.3 is 14.7 Å². The van der Waals surface area contributed by atoms with Crippen molar-refractivity contribution in [2.24, 2.45) is 11.1 Å². The maximum atomic E-state index is 12.5. The van der Waals surface area contributed by atoms with Crippen LogP contribution in [0.15, 0.2) is 23.4 Å². The number of carbonyl (C=O) groups is 1. The number of nitrogens with one attached hydrogen (secondary N) is 1. The Morgan fingerprint density at radius 1 is 1.48 bits per heavy atom. The van der Waals surface area contributed by atoms with Gasteiger partial charge in [0.1, 0.15) is 5.82 Å². The highest BCUT2D eigenvalue weighted by Crippen LogP contribution is 2.19. The minimum atomic E-state index is -0.510. The van der Waals surface area contributed by atoms with E-state index in [-0.39, 0.29) is 5.91 Å². The van der Waals surface area contributed by atoms with Gasteiger partial charge in [0.15, 0.2) is 0 Å². The Hall–Kier alpha value is -2.37. The summed E-state index contributed by atoms with van der Waals surface area (Å²) >= 11 is 0. The molecule has 122 valence electrons. The molecule has 6 nitrogen and oxygen atoms in total. The summed E-state index contributed by atoms with van der Waals surface area (Å²) in [7, 11) is 1.76. The van der Waals surface area contributed by atoms with Crippen molar-refractivity contribution in [3.05, 3.63) is 29.6 Å². The number of aryl methyl sites for hydroxylation is 1. The number of carbonyl (C=O) groups excluding carboxylic acids is 1. The first kappa shape index (κ1) is 15.5. The molecule has 2 aromatic rings. The summed E-state index contributed by atoms with van der Waals surface area (Å²) in [6.45, 7) is 6.56. The van der Waals surface area contributed by atoms with E-state index in [1.807, 2.05) is 19.1 Å². The number of fused-ring (bicyclic) bond motifs is 1. The van der Waals surface area contributed by atoms with Crippen molar-refractivity contribution in [1.82, 2.24) is 14.9 Å². The summed E-state index contributed by atoms with van der Waals surface area (Å²) in [5, 5.41) is 4.02. The molecule has 0 saturated heterocycles. The van der Waals surface area contributed by atoms with Crippen LogP contribution < -0.4 is 0 Å². The predicted molar refractivity (Wildman–Crippen MR) is 89.1 cm³/mol. The van der Waals surface area contributed by atoms with Crippen LogP contribution >= 0.6 is 0 Å². The van der Waals surface area contributed by atoms with Crippen molar-refractivity contribution < 1.29 is 9.63 Å². The molecule has 1 aromatic carbocycles. The number of hydrogen-bond acceptors (Lipinski definition) is 4. The van der Waals surface area contributed by atoms with Gasteiger partial charge in [-0.2, -0.15) is 0 Å². The Bertz CT molecular complexity index is 763. The monoisotopic (exact) mass is 314 g/mol. The molecule has 0 unspecified atom stereocenters. The first-order chi connectivity index (χ1) is 10.9. The SMILES string of the molecule is Cc1ccc2nc(CN(C)C(=O)[C@H]3CC(C(C)C)=NO3)[nH]c2c1. The maximum Gasteiger partial charge on any atom is 0.267 e. The van der Waals surface area contributed by atoms with Crippen LogP contribution in [-0.4, -0.2) is 39.6 Å². The van der Waals surface area contributed by atoms with Crippen molar-refractivity contribution in [1.29, 1.82) is 0 Å².